The van der Waals surface area contributed by atoms with E-state index in [4.69, 9.17) is 14.2 Å². The van der Waals surface area contributed by atoms with Gasteiger partial charge in [0.2, 0.25) is 0 Å². The molecule has 26 heavy (non-hydrogen) atoms. The van der Waals surface area contributed by atoms with Gasteiger partial charge in [0.05, 0.1) is 20.1 Å². The minimum absolute atomic E-state index is 0.0352. The molecule has 0 radical (unpaired) electrons. The van der Waals surface area contributed by atoms with Crippen LogP contribution in [0.2, 0.25) is 0 Å². The molecule has 1 amide bonds. The topological polar surface area (TPSA) is 90.9 Å². The Morgan fingerprint density at radius 1 is 1.00 bits per heavy atom. The van der Waals surface area contributed by atoms with Gasteiger partial charge in [-0.15, -0.1) is 0 Å². The Hall–Kier alpha value is -2.57. The van der Waals surface area contributed by atoms with E-state index in [2.05, 4.69) is 5.32 Å². The van der Waals surface area contributed by atoms with E-state index in [1.54, 1.807) is 20.8 Å². The quantitative estimate of drug-likeness (QED) is 0.590. The first-order chi connectivity index (χ1) is 12.2. The van der Waals surface area contributed by atoms with Crippen molar-refractivity contribution in [2.45, 2.75) is 45.3 Å². The van der Waals surface area contributed by atoms with Gasteiger partial charge in [0, 0.05) is 0 Å². The van der Waals surface area contributed by atoms with Gasteiger partial charge in [0.15, 0.2) is 0 Å². The smallest absolute Gasteiger partial charge is 0.408 e. The Kier molecular flexibility index (Phi) is 8.09. The fourth-order valence-corrected chi connectivity index (χ4v) is 2.42. The van der Waals surface area contributed by atoms with Crippen molar-refractivity contribution in [3.05, 3.63) is 35.9 Å². The van der Waals surface area contributed by atoms with Crippen LogP contribution < -0.4 is 5.32 Å². The van der Waals surface area contributed by atoms with E-state index in [9.17, 15) is 14.4 Å². The zero-order valence-electron chi connectivity index (χ0n) is 15.9. The normalized spacial score (nSPS) is 13.3. The molecule has 0 aromatic heterocycles. The summed E-state index contributed by atoms with van der Waals surface area (Å²) < 4.78 is 14.8. The molecule has 0 heterocycles. The van der Waals surface area contributed by atoms with Gasteiger partial charge in [-0.1, -0.05) is 30.3 Å². The lowest BCUT2D eigenvalue weighted by atomic mass is 9.92. The first-order valence-corrected chi connectivity index (χ1v) is 8.35. The number of methoxy groups -OCH3 is 2. The Labute approximate surface area is 154 Å². The number of hydrogen-bond acceptors (Lipinski definition) is 6. The zero-order valence-corrected chi connectivity index (χ0v) is 15.9. The largest absolute Gasteiger partial charge is 0.469 e. The van der Waals surface area contributed by atoms with Crippen molar-refractivity contribution < 1.29 is 28.6 Å². The highest BCUT2D eigenvalue weighted by Crippen LogP contribution is 2.17. The van der Waals surface area contributed by atoms with Crippen LogP contribution in [0.5, 0.6) is 0 Å². The number of alkyl carbamates (subject to hydrolysis) is 1. The molecular formula is C19H27NO6. The lowest BCUT2D eigenvalue weighted by Gasteiger charge is -2.24. The number of esters is 2. The maximum atomic E-state index is 12.2. The molecule has 0 bridgehead atoms. The van der Waals surface area contributed by atoms with Crippen molar-refractivity contribution in [1.29, 1.82) is 0 Å². The number of nitrogens with one attached hydrogen (secondary N) is 1. The predicted molar refractivity (Wildman–Crippen MR) is 95.4 cm³/mol. The van der Waals surface area contributed by atoms with Gasteiger partial charge in [-0.3, -0.25) is 4.79 Å². The van der Waals surface area contributed by atoms with Crippen molar-refractivity contribution in [3.8, 4) is 0 Å². The van der Waals surface area contributed by atoms with Gasteiger partial charge in [-0.2, -0.15) is 0 Å². The van der Waals surface area contributed by atoms with Crippen LogP contribution in [0.4, 0.5) is 4.79 Å². The van der Waals surface area contributed by atoms with Crippen LogP contribution in [0.3, 0.4) is 0 Å². The highest BCUT2D eigenvalue weighted by molar-refractivity contribution is 5.82. The second kappa shape index (κ2) is 9.79. The van der Waals surface area contributed by atoms with E-state index >= 15 is 0 Å². The summed E-state index contributed by atoms with van der Waals surface area (Å²) in [5.41, 5.74) is 0.208. The number of carbonyl (C=O) groups excluding carboxylic acids is 3. The van der Waals surface area contributed by atoms with Crippen LogP contribution in [0.15, 0.2) is 30.3 Å². The van der Waals surface area contributed by atoms with E-state index in [0.717, 1.165) is 5.56 Å². The third-order valence-corrected chi connectivity index (χ3v) is 3.56. The molecule has 0 fully saturated rings. The second-order valence-corrected chi connectivity index (χ2v) is 6.87. The molecule has 144 valence electrons. The Bertz CT molecular complexity index is 608. The molecule has 0 saturated heterocycles. The van der Waals surface area contributed by atoms with E-state index in [-0.39, 0.29) is 6.42 Å². The number of amides is 1. The third kappa shape index (κ3) is 7.55. The molecule has 0 aliphatic heterocycles. The van der Waals surface area contributed by atoms with E-state index in [0.29, 0.717) is 6.42 Å². The SMILES string of the molecule is COC(=O)C(Cc1ccccc1)CC(NC(=O)OC(C)(C)C)C(=O)OC. The van der Waals surface area contributed by atoms with Crippen LogP contribution in [-0.2, 0) is 30.2 Å². The van der Waals surface area contributed by atoms with Crippen LogP contribution in [-0.4, -0.2) is 43.9 Å². The average molecular weight is 365 g/mol. The first-order valence-electron chi connectivity index (χ1n) is 8.35. The van der Waals surface area contributed by atoms with Gasteiger partial charge in [0.25, 0.3) is 0 Å². The monoisotopic (exact) mass is 365 g/mol. The zero-order chi connectivity index (χ0) is 19.7. The van der Waals surface area contributed by atoms with Crippen molar-refractivity contribution in [2.75, 3.05) is 14.2 Å². The Morgan fingerprint density at radius 2 is 1.58 bits per heavy atom. The molecule has 7 heteroatoms. The molecule has 0 aliphatic carbocycles. The summed E-state index contributed by atoms with van der Waals surface area (Å²) in [6.07, 6.45) is -0.346. The molecule has 2 atom stereocenters. The highest BCUT2D eigenvalue weighted by Gasteiger charge is 2.31. The molecule has 0 saturated carbocycles. The molecule has 1 aromatic carbocycles. The van der Waals surface area contributed by atoms with E-state index in [1.165, 1.54) is 14.2 Å². The molecule has 1 aromatic rings. The lowest BCUT2D eigenvalue weighted by Crippen LogP contribution is -2.46. The molecule has 1 rings (SSSR count). The first kappa shape index (κ1) is 21.5. The molecule has 0 spiro atoms. The maximum absolute atomic E-state index is 12.2. The molecule has 7 nitrogen and oxygen atoms in total. The predicted octanol–water partition coefficient (Wildman–Crippen LogP) is 2.47. The number of hydrogen-bond donors (Lipinski definition) is 1. The highest BCUT2D eigenvalue weighted by atomic mass is 16.6. The molecule has 0 aliphatic rings. The summed E-state index contributed by atoms with van der Waals surface area (Å²) in [7, 11) is 2.51. The Balaban J connectivity index is 2.90. The van der Waals surface area contributed by atoms with Gasteiger partial charge in [-0.05, 0) is 39.2 Å². The lowest BCUT2D eigenvalue weighted by molar-refractivity contribution is -0.148. The summed E-state index contributed by atoms with van der Waals surface area (Å²) in [6, 6.07) is 8.33. The van der Waals surface area contributed by atoms with Crippen molar-refractivity contribution in [2.24, 2.45) is 5.92 Å². The van der Waals surface area contributed by atoms with Crippen LogP contribution in [0.1, 0.15) is 32.8 Å². The van der Waals surface area contributed by atoms with E-state index < -0.39 is 35.6 Å². The minimum atomic E-state index is -1.03. The van der Waals surface area contributed by atoms with Gasteiger partial charge >= 0.3 is 18.0 Å². The maximum Gasteiger partial charge on any atom is 0.408 e. The van der Waals surface area contributed by atoms with Crippen LogP contribution in [0.25, 0.3) is 0 Å². The summed E-state index contributed by atoms with van der Waals surface area (Å²) in [4.78, 5) is 36.2. The summed E-state index contributed by atoms with van der Waals surface area (Å²) in [5.74, 6) is -1.74. The van der Waals surface area contributed by atoms with Gasteiger partial charge < -0.3 is 19.5 Å². The molecule has 1 N–H and O–H groups in total. The second-order valence-electron chi connectivity index (χ2n) is 6.87. The van der Waals surface area contributed by atoms with Gasteiger partial charge in [0.1, 0.15) is 11.6 Å². The Morgan fingerprint density at radius 3 is 2.08 bits per heavy atom. The van der Waals surface area contributed by atoms with Crippen LogP contribution >= 0.6 is 0 Å². The van der Waals surface area contributed by atoms with E-state index in [1.807, 2.05) is 30.3 Å². The number of carbonyl (C=O) groups is 3. The number of benzene rings is 1. The summed E-state index contributed by atoms with van der Waals surface area (Å²) in [5, 5.41) is 2.48. The summed E-state index contributed by atoms with van der Waals surface area (Å²) in [6.45, 7) is 5.14. The molecular weight excluding hydrogens is 338 g/mol. The molecule has 2 unspecified atom stereocenters. The number of ether oxygens (including phenoxy) is 3. The van der Waals surface area contributed by atoms with Gasteiger partial charge in [-0.25, -0.2) is 9.59 Å². The minimum Gasteiger partial charge on any atom is -0.469 e. The van der Waals surface area contributed by atoms with Crippen molar-refractivity contribution >= 4 is 18.0 Å². The van der Waals surface area contributed by atoms with Crippen molar-refractivity contribution in [3.63, 3.8) is 0 Å². The standard InChI is InChI=1S/C19H27NO6/c1-19(2,3)26-18(23)20-15(17(22)25-5)12-14(16(21)24-4)11-13-9-7-6-8-10-13/h6-10,14-15H,11-12H2,1-5H3,(H,20,23). The average Bonchev–Trinajstić information content (AvgIpc) is 2.58. The number of rotatable bonds is 7. The third-order valence-electron chi connectivity index (χ3n) is 3.56. The summed E-state index contributed by atoms with van der Waals surface area (Å²) >= 11 is 0. The van der Waals surface area contributed by atoms with Crippen molar-refractivity contribution in [1.82, 2.24) is 5.32 Å². The van der Waals surface area contributed by atoms with Crippen LogP contribution in [0, 0.1) is 5.92 Å². The fraction of sp³-hybridized carbons (Fsp3) is 0.526. The fourth-order valence-electron chi connectivity index (χ4n) is 2.42.